The van der Waals surface area contributed by atoms with E-state index in [-0.39, 0.29) is 30.0 Å². The lowest BCUT2D eigenvalue weighted by molar-refractivity contribution is -0.136. The fourth-order valence-corrected chi connectivity index (χ4v) is 5.40. The van der Waals surface area contributed by atoms with Gasteiger partial charge in [0.25, 0.3) is 11.8 Å². The predicted molar refractivity (Wildman–Crippen MR) is 150 cm³/mol. The van der Waals surface area contributed by atoms with Gasteiger partial charge in [0.05, 0.1) is 17.2 Å². The van der Waals surface area contributed by atoms with Crippen LogP contribution in [0.2, 0.25) is 0 Å². The lowest BCUT2D eigenvalue weighted by Gasteiger charge is -2.39. The third-order valence-electron chi connectivity index (χ3n) is 7.84. The number of piperidine rings is 1. The minimum absolute atomic E-state index is 0.0914. The number of nitrogens with zero attached hydrogens (tertiary/aromatic N) is 5. The first kappa shape index (κ1) is 29.2. The number of amides is 4. The molecule has 2 fully saturated rings. The minimum atomic E-state index is -0.971. The normalized spacial score (nSPS) is 20.7. The molecular weight excluding hydrogens is 512 g/mol. The molecule has 0 bridgehead atoms. The van der Waals surface area contributed by atoms with Gasteiger partial charge >= 0.3 is 0 Å². The molecule has 3 aliphatic heterocycles. The predicted octanol–water partition coefficient (Wildman–Crippen LogP) is 1.43. The number of likely N-dealkylation sites (N-methyl/N-ethyl adjacent to an activating group) is 1. The van der Waals surface area contributed by atoms with Crippen molar-refractivity contribution >= 4 is 35.6 Å². The number of hydrogen-bond donors (Lipinski definition) is 1. The maximum atomic E-state index is 13.2. The molecule has 0 radical (unpaired) electrons. The van der Waals surface area contributed by atoms with E-state index in [4.69, 9.17) is 0 Å². The van der Waals surface area contributed by atoms with Gasteiger partial charge in [0, 0.05) is 64.6 Å². The lowest BCUT2D eigenvalue weighted by Crippen LogP contribution is -2.54. The van der Waals surface area contributed by atoms with Crippen molar-refractivity contribution in [2.24, 2.45) is 0 Å². The average molecular weight is 551 g/mol. The number of anilines is 1. The quantitative estimate of drug-likeness (QED) is 0.179. The summed E-state index contributed by atoms with van der Waals surface area (Å²) in [6.07, 6.45) is 8.62. The molecule has 0 aliphatic carbocycles. The lowest BCUT2D eigenvalue weighted by atomic mass is 10.0. The Balaban J connectivity index is 1.32. The number of imide groups is 2. The van der Waals surface area contributed by atoms with Crippen LogP contribution in [0.4, 0.5) is 5.69 Å². The SMILES string of the molecule is C=CN(CCN1CCN(c2ccc3c(c2)C(=O)N(C2CCC(=O)NC2=O)C3=O)CC1)N(C)C(C=O)C/C=C\CC. The Bertz CT molecular complexity index is 1190. The number of hydrazine groups is 1. The Kier molecular flexibility index (Phi) is 9.49. The number of hydrogen-bond acceptors (Lipinski definition) is 9. The highest BCUT2D eigenvalue weighted by atomic mass is 16.2. The number of nitrogens with one attached hydrogen (secondary N) is 1. The van der Waals surface area contributed by atoms with Gasteiger partial charge in [0.15, 0.2) is 0 Å². The van der Waals surface area contributed by atoms with Gasteiger partial charge in [-0.2, -0.15) is 0 Å². The molecule has 11 nitrogen and oxygen atoms in total. The van der Waals surface area contributed by atoms with Crippen molar-refractivity contribution in [2.45, 2.75) is 44.7 Å². The van der Waals surface area contributed by atoms with Crippen molar-refractivity contribution in [3.63, 3.8) is 0 Å². The summed E-state index contributed by atoms with van der Waals surface area (Å²) in [5.41, 5.74) is 1.42. The molecule has 0 spiro atoms. The summed E-state index contributed by atoms with van der Waals surface area (Å²) in [6, 6.07) is 4.01. The van der Waals surface area contributed by atoms with E-state index in [1.807, 2.05) is 29.2 Å². The number of rotatable bonds is 12. The zero-order chi connectivity index (χ0) is 28.8. The molecule has 11 heteroatoms. The van der Waals surface area contributed by atoms with Crippen LogP contribution in [0.1, 0.15) is 53.3 Å². The molecule has 1 N–H and O–H groups in total. The molecule has 0 aromatic heterocycles. The summed E-state index contributed by atoms with van der Waals surface area (Å²) < 4.78 is 0. The number of piperazine rings is 1. The molecule has 3 heterocycles. The van der Waals surface area contributed by atoms with Gasteiger partial charge in [0.2, 0.25) is 11.8 Å². The third-order valence-corrected chi connectivity index (χ3v) is 7.84. The van der Waals surface area contributed by atoms with Gasteiger partial charge in [0.1, 0.15) is 12.3 Å². The van der Waals surface area contributed by atoms with E-state index in [2.05, 4.69) is 34.7 Å². The number of aldehydes is 1. The monoisotopic (exact) mass is 550 g/mol. The molecule has 0 saturated carbocycles. The highest BCUT2D eigenvalue weighted by molar-refractivity contribution is 6.23. The van der Waals surface area contributed by atoms with Crippen LogP contribution in [0, 0.1) is 0 Å². The summed E-state index contributed by atoms with van der Waals surface area (Å²) in [5, 5.41) is 6.12. The second kappa shape index (κ2) is 13.0. The standard InChI is InChI=1S/C29H38N6O5/c1-4-6-7-8-22(20-36)31(3)34(5-2)18-15-32-13-16-33(17-14-32)21-9-10-23-24(19-21)29(40)35(28(23)39)25-11-12-26(37)30-27(25)38/h5-7,9-10,19-20,22,25H,2,4,8,11-18H2,1,3H3,(H,30,37,38)/b7-6-. The fraction of sp³-hybridized carbons (Fsp3) is 0.483. The number of fused-ring (bicyclic) bond motifs is 1. The largest absolute Gasteiger partial charge is 0.369 e. The first-order valence-electron chi connectivity index (χ1n) is 13.8. The topological polar surface area (TPSA) is 114 Å². The van der Waals surface area contributed by atoms with Gasteiger partial charge in [-0.25, -0.2) is 5.01 Å². The van der Waals surface area contributed by atoms with Crippen LogP contribution < -0.4 is 10.2 Å². The first-order valence-corrected chi connectivity index (χ1v) is 13.8. The Morgan fingerprint density at radius 3 is 2.45 bits per heavy atom. The molecular formula is C29H38N6O5. The Morgan fingerprint density at radius 1 is 1.07 bits per heavy atom. The molecule has 214 valence electrons. The molecule has 2 unspecified atom stereocenters. The molecule has 2 saturated heterocycles. The van der Waals surface area contributed by atoms with E-state index in [9.17, 15) is 24.0 Å². The molecule has 4 amide bonds. The number of carbonyl (C=O) groups excluding carboxylic acids is 5. The van der Waals surface area contributed by atoms with Gasteiger partial charge in [-0.3, -0.25) is 34.3 Å². The molecule has 1 aromatic carbocycles. The van der Waals surface area contributed by atoms with Crippen LogP contribution in [-0.4, -0.2) is 108 Å². The average Bonchev–Trinajstić information content (AvgIpc) is 3.20. The summed E-state index contributed by atoms with van der Waals surface area (Å²) in [7, 11) is 1.90. The molecule has 2 atom stereocenters. The third kappa shape index (κ3) is 6.15. The Morgan fingerprint density at radius 2 is 1.80 bits per heavy atom. The maximum absolute atomic E-state index is 13.2. The maximum Gasteiger partial charge on any atom is 0.262 e. The van der Waals surface area contributed by atoms with E-state index >= 15 is 0 Å². The second-order valence-corrected chi connectivity index (χ2v) is 10.2. The number of allylic oxidation sites excluding steroid dienone is 1. The second-order valence-electron chi connectivity index (χ2n) is 10.2. The molecule has 1 aromatic rings. The molecule has 4 rings (SSSR count). The van der Waals surface area contributed by atoms with Gasteiger partial charge in [-0.15, -0.1) is 0 Å². The summed E-state index contributed by atoms with van der Waals surface area (Å²) >= 11 is 0. The highest BCUT2D eigenvalue weighted by Crippen LogP contribution is 2.31. The zero-order valence-electron chi connectivity index (χ0n) is 23.3. The number of carbonyl (C=O) groups is 5. The van der Waals surface area contributed by atoms with Gasteiger partial charge in [-0.05, 0) is 37.5 Å². The van der Waals surface area contributed by atoms with Crippen molar-refractivity contribution in [3.8, 4) is 0 Å². The van der Waals surface area contributed by atoms with E-state index in [1.54, 1.807) is 18.3 Å². The Hall–Kier alpha value is -3.83. The van der Waals surface area contributed by atoms with Crippen LogP contribution in [0.15, 0.2) is 43.1 Å². The smallest absolute Gasteiger partial charge is 0.262 e. The highest BCUT2D eigenvalue weighted by Gasteiger charge is 2.44. The van der Waals surface area contributed by atoms with Crippen molar-refractivity contribution < 1.29 is 24.0 Å². The van der Waals surface area contributed by atoms with E-state index in [0.29, 0.717) is 13.0 Å². The van der Waals surface area contributed by atoms with Crippen LogP contribution in [0.25, 0.3) is 0 Å². The summed E-state index contributed by atoms with van der Waals surface area (Å²) in [6.45, 7) is 10.6. The van der Waals surface area contributed by atoms with E-state index < -0.39 is 29.7 Å². The minimum Gasteiger partial charge on any atom is -0.369 e. The zero-order valence-corrected chi connectivity index (χ0v) is 23.3. The van der Waals surface area contributed by atoms with Crippen molar-refractivity contribution in [3.05, 3.63) is 54.3 Å². The Labute approximate surface area is 235 Å². The van der Waals surface area contributed by atoms with Crippen molar-refractivity contribution in [1.29, 1.82) is 0 Å². The van der Waals surface area contributed by atoms with Crippen molar-refractivity contribution in [2.75, 3.05) is 51.2 Å². The summed E-state index contributed by atoms with van der Waals surface area (Å²) in [5.74, 6) is -2.00. The van der Waals surface area contributed by atoms with E-state index in [1.165, 1.54) is 0 Å². The van der Waals surface area contributed by atoms with Crippen LogP contribution in [0.3, 0.4) is 0 Å². The fourth-order valence-electron chi connectivity index (χ4n) is 5.40. The molecule has 3 aliphatic rings. The summed E-state index contributed by atoms with van der Waals surface area (Å²) in [4.78, 5) is 67.1. The van der Waals surface area contributed by atoms with Crippen LogP contribution >= 0.6 is 0 Å². The van der Waals surface area contributed by atoms with E-state index in [0.717, 1.165) is 56.0 Å². The first-order chi connectivity index (χ1) is 19.3. The van der Waals surface area contributed by atoms with Gasteiger partial charge in [-0.1, -0.05) is 25.7 Å². The number of benzene rings is 1. The van der Waals surface area contributed by atoms with Gasteiger partial charge < -0.3 is 14.7 Å². The molecule has 40 heavy (non-hydrogen) atoms. The van der Waals surface area contributed by atoms with Crippen LogP contribution in [-0.2, 0) is 14.4 Å². The van der Waals surface area contributed by atoms with Crippen LogP contribution in [0.5, 0.6) is 0 Å². The van der Waals surface area contributed by atoms with Crippen molar-refractivity contribution in [1.82, 2.24) is 25.1 Å².